The summed E-state index contributed by atoms with van der Waals surface area (Å²) < 4.78 is 0. The number of hydrogen-bond acceptors (Lipinski definition) is 4. The number of aliphatic imine (C=N–C) groups is 2. The van der Waals surface area contributed by atoms with Gasteiger partial charge in [-0.3, -0.25) is 4.79 Å². The zero-order valence-electron chi connectivity index (χ0n) is 9.87. The summed E-state index contributed by atoms with van der Waals surface area (Å²) in [4.78, 5) is 20.3. The smallest absolute Gasteiger partial charge is 0.218 e. The summed E-state index contributed by atoms with van der Waals surface area (Å²) in [6.45, 7) is 9.32. The quantitative estimate of drug-likeness (QED) is 0.712. The van der Waals surface area contributed by atoms with E-state index in [4.69, 9.17) is 0 Å². The first-order chi connectivity index (χ1) is 7.02. The van der Waals surface area contributed by atoms with Crippen molar-refractivity contribution >= 4 is 17.5 Å². The highest BCUT2D eigenvalue weighted by atomic mass is 16.1. The van der Waals surface area contributed by atoms with Crippen LogP contribution in [0.4, 0.5) is 0 Å². The molecule has 1 aliphatic rings. The van der Waals surface area contributed by atoms with E-state index in [1.165, 1.54) is 0 Å². The van der Waals surface area contributed by atoms with Gasteiger partial charge in [0, 0.05) is 12.5 Å². The van der Waals surface area contributed by atoms with Gasteiger partial charge in [-0.25, -0.2) is 9.98 Å². The van der Waals surface area contributed by atoms with Crippen LogP contribution < -0.4 is 5.32 Å². The van der Waals surface area contributed by atoms with Gasteiger partial charge in [-0.15, -0.1) is 0 Å². The molecule has 0 saturated carbocycles. The van der Waals surface area contributed by atoms with Gasteiger partial charge in [-0.2, -0.15) is 0 Å². The zero-order chi connectivity index (χ0) is 11.4. The molecule has 0 aromatic carbocycles. The first-order valence-corrected chi connectivity index (χ1v) is 5.43. The number of nitrogens with one attached hydrogen (secondary N) is 1. The van der Waals surface area contributed by atoms with E-state index in [1.807, 2.05) is 27.7 Å². The van der Waals surface area contributed by atoms with E-state index in [-0.39, 0.29) is 17.6 Å². The number of carbonyl (C=O) groups excluding carboxylic acids is 1. The largest absolute Gasteiger partial charge is 0.353 e. The lowest BCUT2D eigenvalue weighted by atomic mass is 9.96. The Hall–Kier alpha value is -1.19. The topological polar surface area (TPSA) is 53.8 Å². The van der Waals surface area contributed by atoms with Crippen LogP contribution in [-0.4, -0.2) is 30.5 Å². The Morgan fingerprint density at radius 1 is 1.33 bits per heavy atom. The molecule has 0 unspecified atom stereocenters. The Labute approximate surface area is 90.9 Å². The van der Waals surface area contributed by atoms with E-state index < -0.39 is 0 Å². The summed E-state index contributed by atoms with van der Waals surface area (Å²) >= 11 is 0. The van der Waals surface area contributed by atoms with Crippen molar-refractivity contribution in [3.63, 3.8) is 0 Å². The molecule has 0 spiro atoms. The van der Waals surface area contributed by atoms with Gasteiger partial charge in [-0.1, -0.05) is 27.7 Å². The van der Waals surface area contributed by atoms with Gasteiger partial charge in [0.2, 0.25) is 5.96 Å². The second kappa shape index (κ2) is 5.05. The van der Waals surface area contributed by atoms with Crippen molar-refractivity contribution < 1.29 is 4.79 Å². The average molecular weight is 209 g/mol. The van der Waals surface area contributed by atoms with Crippen LogP contribution in [0.5, 0.6) is 0 Å². The molecule has 1 heterocycles. The van der Waals surface area contributed by atoms with Gasteiger partial charge < -0.3 is 5.32 Å². The van der Waals surface area contributed by atoms with Crippen LogP contribution in [0, 0.1) is 11.8 Å². The SMILES string of the molecule is CC(C)C(=O)C(=NC1=NCCN1)C(C)C. The molecule has 0 aromatic rings. The number of nitrogens with zero attached hydrogens (tertiary/aromatic N) is 2. The van der Waals surface area contributed by atoms with Crippen LogP contribution in [0.25, 0.3) is 0 Å². The molecule has 84 valence electrons. The average Bonchev–Trinajstić information content (AvgIpc) is 2.64. The summed E-state index contributed by atoms with van der Waals surface area (Å²) in [6, 6.07) is 0. The number of guanidine groups is 1. The van der Waals surface area contributed by atoms with Crippen LogP contribution in [-0.2, 0) is 4.79 Å². The van der Waals surface area contributed by atoms with Crippen LogP contribution >= 0.6 is 0 Å². The van der Waals surface area contributed by atoms with E-state index in [9.17, 15) is 4.79 Å². The van der Waals surface area contributed by atoms with E-state index in [2.05, 4.69) is 15.3 Å². The molecule has 0 radical (unpaired) electrons. The molecule has 4 nitrogen and oxygen atoms in total. The summed E-state index contributed by atoms with van der Waals surface area (Å²) in [5.41, 5.74) is 0.623. The minimum atomic E-state index is -0.00634. The Bertz CT molecular complexity index is 303. The van der Waals surface area contributed by atoms with Crippen LogP contribution in [0.2, 0.25) is 0 Å². The van der Waals surface area contributed by atoms with Crippen LogP contribution in [0.15, 0.2) is 9.98 Å². The minimum Gasteiger partial charge on any atom is -0.353 e. The molecule has 0 saturated heterocycles. The van der Waals surface area contributed by atoms with Crippen molar-refractivity contribution in [2.75, 3.05) is 13.1 Å². The zero-order valence-corrected chi connectivity index (χ0v) is 9.87. The molecule has 1 rings (SSSR count). The van der Waals surface area contributed by atoms with Crippen molar-refractivity contribution in [2.45, 2.75) is 27.7 Å². The lowest BCUT2D eigenvalue weighted by molar-refractivity contribution is -0.115. The lowest BCUT2D eigenvalue weighted by Crippen LogP contribution is -2.28. The predicted molar refractivity (Wildman–Crippen MR) is 62.4 cm³/mol. The highest BCUT2D eigenvalue weighted by Gasteiger charge is 2.19. The third kappa shape index (κ3) is 3.15. The molecular weight excluding hydrogens is 190 g/mol. The Morgan fingerprint density at radius 2 is 2.00 bits per heavy atom. The van der Waals surface area contributed by atoms with Crippen molar-refractivity contribution in [3.05, 3.63) is 0 Å². The standard InChI is InChI=1S/C11H19N3O/c1-7(2)9(10(15)8(3)4)14-11-12-5-6-13-11/h7-8H,5-6H2,1-4H3,(H,12,13). The fourth-order valence-corrected chi connectivity index (χ4v) is 1.34. The van der Waals surface area contributed by atoms with E-state index in [0.29, 0.717) is 11.7 Å². The monoisotopic (exact) mass is 209 g/mol. The Morgan fingerprint density at radius 3 is 2.40 bits per heavy atom. The third-order valence-corrected chi connectivity index (χ3v) is 2.21. The summed E-state index contributed by atoms with van der Waals surface area (Å²) in [5, 5.41) is 3.05. The molecule has 0 fully saturated rings. The third-order valence-electron chi connectivity index (χ3n) is 2.21. The summed E-state index contributed by atoms with van der Waals surface area (Å²) in [7, 11) is 0. The summed E-state index contributed by atoms with van der Waals surface area (Å²) in [6.07, 6.45) is 0. The molecule has 0 aromatic heterocycles. The number of ketones is 1. The second-order valence-corrected chi connectivity index (χ2v) is 4.30. The normalized spacial score (nSPS) is 16.9. The van der Waals surface area contributed by atoms with Crippen molar-refractivity contribution in [1.82, 2.24) is 5.32 Å². The van der Waals surface area contributed by atoms with Gasteiger partial charge >= 0.3 is 0 Å². The first kappa shape index (κ1) is 11.9. The van der Waals surface area contributed by atoms with Gasteiger partial charge in [0.1, 0.15) is 0 Å². The molecular formula is C11H19N3O. The summed E-state index contributed by atoms with van der Waals surface area (Å²) in [5.74, 6) is 0.854. The molecule has 4 heteroatoms. The van der Waals surface area contributed by atoms with E-state index in [0.717, 1.165) is 13.1 Å². The fraction of sp³-hybridized carbons (Fsp3) is 0.727. The number of hydrogen-bond donors (Lipinski definition) is 1. The number of Topliss-reactive ketones (excluding diaryl/α,β-unsaturated/α-hetero) is 1. The molecule has 1 aliphatic heterocycles. The number of rotatable bonds is 3. The highest BCUT2D eigenvalue weighted by Crippen LogP contribution is 2.06. The van der Waals surface area contributed by atoms with Gasteiger partial charge in [0.15, 0.2) is 5.78 Å². The minimum absolute atomic E-state index is 0.00634. The lowest BCUT2D eigenvalue weighted by Gasteiger charge is -2.11. The maximum absolute atomic E-state index is 11.9. The maximum atomic E-state index is 11.9. The molecule has 0 atom stereocenters. The van der Waals surface area contributed by atoms with Crippen molar-refractivity contribution in [2.24, 2.45) is 21.8 Å². The number of carbonyl (C=O) groups is 1. The fourth-order valence-electron chi connectivity index (χ4n) is 1.34. The first-order valence-electron chi connectivity index (χ1n) is 5.43. The molecule has 0 amide bonds. The van der Waals surface area contributed by atoms with Gasteiger partial charge in [0.05, 0.1) is 12.3 Å². The Balaban J connectivity index is 2.86. The maximum Gasteiger partial charge on any atom is 0.218 e. The molecule has 1 N–H and O–H groups in total. The molecule has 0 aliphatic carbocycles. The van der Waals surface area contributed by atoms with Gasteiger partial charge in [0.25, 0.3) is 0 Å². The van der Waals surface area contributed by atoms with Crippen molar-refractivity contribution in [3.8, 4) is 0 Å². The molecule has 15 heavy (non-hydrogen) atoms. The van der Waals surface area contributed by atoms with E-state index in [1.54, 1.807) is 0 Å². The van der Waals surface area contributed by atoms with Crippen LogP contribution in [0.3, 0.4) is 0 Å². The second-order valence-electron chi connectivity index (χ2n) is 4.30. The van der Waals surface area contributed by atoms with E-state index >= 15 is 0 Å². The van der Waals surface area contributed by atoms with Gasteiger partial charge in [-0.05, 0) is 5.92 Å². The molecule has 0 bridgehead atoms. The predicted octanol–water partition coefficient (Wildman–Crippen LogP) is 1.27. The van der Waals surface area contributed by atoms with Crippen LogP contribution in [0.1, 0.15) is 27.7 Å². The van der Waals surface area contributed by atoms with Crippen molar-refractivity contribution in [1.29, 1.82) is 0 Å². The highest BCUT2D eigenvalue weighted by molar-refractivity contribution is 6.42. The Kier molecular flexibility index (Phi) is 4.00.